The van der Waals surface area contributed by atoms with Crippen LogP contribution in [0.5, 0.6) is 0 Å². The van der Waals surface area contributed by atoms with E-state index in [1.165, 1.54) is 11.1 Å². The van der Waals surface area contributed by atoms with Gasteiger partial charge >= 0.3 is 0 Å². The minimum absolute atomic E-state index is 0.0392. The summed E-state index contributed by atoms with van der Waals surface area (Å²) in [7, 11) is 0. The van der Waals surface area contributed by atoms with Gasteiger partial charge in [0.25, 0.3) is 0 Å². The molecular formula is C27H31NO3. The molecule has 162 valence electrons. The number of benzene rings is 2. The van der Waals surface area contributed by atoms with Crippen molar-refractivity contribution in [2.24, 2.45) is 23.5 Å². The van der Waals surface area contributed by atoms with Gasteiger partial charge in [-0.05, 0) is 55.2 Å². The highest BCUT2D eigenvalue weighted by Gasteiger charge is 2.43. The van der Waals surface area contributed by atoms with Crippen molar-refractivity contribution < 1.29 is 15.0 Å². The summed E-state index contributed by atoms with van der Waals surface area (Å²) in [5.74, 6) is 0.327. The summed E-state index contributed by atoms with van der Waals surface area (Å²) in [6, 6.07) is 15.7. The smallest absolute Gasteiger partial charge is 0.248 e. The minimum Gasteiger partial charge on any atom is -0.392 e. The number of carbonyl (C=O) groups excluding carboxylic acids is 1. The lowest BCUT2D eigenvalue weighted by Crippen LogP contribution is -2.18. The highest BCUT2D eigenvalue weighted by Crippen LogP contribution is 2.48. The first kappa shape index (κ1) is 21.5. The van der Waals surface area contributed by atoms with E-state index in [2.05, 4.69) is 12.1 Å². The van der Waals surface area contributed by atoms with E-state index in [1.807, 2.05) is 55.5 Å². The number of hydrogen-bond donors (Lipinski definition) is 3. The molecule has 1 saturated carbocycles. The van der Waals surface area contributed by atoms with E-state index in [1.54, 1.807) is 6.07 Å². The summed E-state index contributed by atoms with van der Waals surface area (Å²) in [5, 5.41) is 21.1. The molecule has 4 heteroatoms. The Bertz CT molecular complexity index is 1010. The van der Waals surface area contributed by atoms with E-state index in [0.29, 0.717) is 30.2 Å². The number of carbonyl (C=O) groups is 1. The SMILES string of the molecule is Cc1cccc(C[C@@H](O)C=C[C@@H]2[C@H]3CC(Cc4ccccc4C(N)=O)=C[C@H]3C[C@H]2O)c1. The van der Waals surface area contributed by atoms with Crippen LogP contribution in [0.2, 0.25) is 0 Å². The molecule has 1 fully saturated rings. The number of aryl methyl sites for hydroxylation is 1. The largest absolute Gasteiger partial charge is 0.392 e. The zero-order valence-corrected chi connectivity index (χ0v) is 17.9. The summed E-state index contributed by atoms with van der Waals surface area (Å²) in [6.45, 7) is 2.05. The van der Waals surface area contributed by atoms with Gasteiger partial charge in [-0.25, -0.2) is 0 Å². The monoisotopic (exact) mass is 417 g/mol. The van der Waals surface area contributed by atoms with Gasteiger partial charge in [-0.2, -0.15) is 0 Å². The van der Waals surface area contributed by atoms with Crippen molar-refractivity contribution in [3.8, 4) is 0 Å². The van der Waals surface area contributed by atoms with E-state index < -0.39 is 12.0 Å². The molecule has 0 unspecified atom stereocenters. The molecule has 0 radical (unpaired) electrons. The second-order valence-electron chi connectivity index (χ2n) is 9.08. The molecule has 31 heavy (non-hydrogen) atoms. The van der Waals surface area contributed by atoms with Crippen molar-refractivity contribution in [3.63, 3.8) is 0 Å². The molecule has 0 spiro atoms. The molecule has 0 aromatic heterocycles. The van der Waals surface area contributed by atoms with Gasteiger partial charge in [0.2, 0.25) is 5.91 Å². The van der Waals surface area contributed by atoms with E-state index in [9.17, 15) is 15.0 Å². The van der Waals surface area contributed by atoms with Gasteiger partial charge in [-0.15, -0.1) is 0 Å². The van der Waals surface area contributed by atoms with Crippen molar-refractivity contribution in [3.05, 3.63) is 94.6 Å². The van der Waals surface area contributed by atoms with Crippen molar-refractivity contribution in [1.82, 2.24) is 0 Å². The molecule has 4 N–H and O–H groups in total. The van der Waals surface area contributed by atoms with Crippen molar-refractivity contribution in [2.75, 3.05) is 0 Å². The Morgan fingerprint density at radius 1 is 1.23 bits per heavy atom. The zero-order valence-electron chi connectivity index (χ0n) is 17.9. The lowest BCUT2D eigenvalue weighted by atomic mass is 9.88. The maximum absolute atomic E-state index is 11.7. The number of nitrogens with two attached hydrogens (primary N) is 1. The molecule has 0 saturated heterocycles. The van der Waals surface area contributed by atoms with Gasteiger partial charge < -0.3 is 15.9 Å². The zero-order chi connectivity index (χ0) is 22.0. The van der Waals surface area contributed by atoms with Crippen molar-refractivity contribution in [2.45, 2.75) is 44.8 Å². The average Bonchev–Trinajstić information content (AvgIpc) is 3.22. The number of allylic oxidation sites excluding steroid dienone is 2. The van der Waals surface area contributed by atoms with Crippen LogP contribution in [0.25, 0.3) is 0 Å². The summed E-state index contributed by atoms with van der Waals surface area (Å²) in [4.78, 5) is 11.7. The quantitative estimate of drug-likeness (QED) is 0.600. The molecule has 2 aromatic rings. The van der Waals surface area contributed by atoms with E-state index in [-0.39, 0.29) is 12.0 Å². The molecule has 5 atom stereocenters. The molecule has 4 nitrogen and oxygen atoms in total. The Morgan fingerprint density at radius 3 is 2.81 bits per heavy atom. The van der Waals surface area contributed by atoms with Crippen LogP contribution in [0.3, 0.4) is 0 Å². The van der Waals surface area contributed by atoms with E-state index >= 15 is 0 Å². The Kier molecular flexibility index (Phi) is 6.40. The molecule has 0 aliphatic heterocycles. The average molecular weight is 418 g/mol. The van der Waals surface area contributed by atoms with Crippen LogP contribution < -0.4 is 5.73 Å². The number of fused-ring (bicyclic) bond motifs is 1. The van der Waals surface area contributed by atoms with Gasteiger partial charge in [0.05, 0.1) is 12.2 Å². The maximum Gasteiger partial charge on any atom is 0.248 e. The van der Waals surface area contributed by atoms with Crippen molar-refractivity contribution in [1.29, 1.82) is 0 Å². The lowest BCUT2D eigenvalue weighted by Gasteiger charge is -2.19. The predicted octanol–water partition coefficient (Wildman–Crippen LogP) is 3.74. The molecule has 2 aromatic carbocycles. The lowest BCUT2D eigenvalue weighted by molar-refractivity contribution is 0.0999. The summed E-state index contributed by atoms with van der Waals surface area (Å²) < 4.78 is 0. The van der Waals surface area contributed by atoms with Gasteiger partial charge in [0.1, 0.15) is 0 Å². The van der Waals surface area contributed by atoms with Crippen LogP contribution in [0.4, 0.5) is 0 Å². The fourth-order valence-electron chi connectivity index (χ4n) is 5.30. The highest BCUT2D eigenvalue weighted by molar-refractivity contribution is 5.94. The molecule has 4 rings (SSSR count). The van der Waals surface area contributed by atoms with Gasteiger partial charge in [-0.1, -0.05) is 71.8 Å². The van der Waals surface area contributed by atoms with E-state index in [4.69, 9.17) is 5.73 Å². The normalized spacial score (nSPS) is 26.1. The van der Waals surface area contributed by atoms with Crippen LogP contribution in [0.15, 0.2) is 72.3 Å². The molecule has 0 bridgehead atoms. The summed E-state index contributed by atoms with van der Waals surface area (Å²) in [6.07, 6.45) is 8.13. The number of hydrogen-bond acceptors (Lipinski definition) is 3. The predicted molar refractivity (Wildman–Crippen MR) is 122 cm³/mol. The minimum atomic E-state index is -0.565. The third-order valence-corrected chi connectivity index (χ3v) is 6.73. The van der Waals surface area contributed by atoms with Crippen LogP contribution >= 0.6 is 0 Å². The molecule has 2 aliphatic rings. The molecule has 2 aliphatic carbocycles. The summed E-state index contributed by atoms with van der Waals surface area (Å²) >= 11 is 0. The first-order chi connectivity index (χ1) is 14.9. The Morgan fingerprint density at radius 2 is 2.03 bits per heavy atom. The topological polar surface area (TPSA) is 83.5 Å². The number of rotatable bonds is 7. The Balaban J connectivity index is 1.40. The third-order valence-electron chi connectivity index (χ3n) is 6.73. The first-order valence-corrected chi connectivity index (χ1v) is 11.1. The maximum atomic E-state index is 11.7. The second kappa shape index (κ2) is 9.21. The van der Waals surface area contributed by atoms with Crippen LogP contribution in [0, 0.1) is 24.7 Å². The fourth-order valence-corrected chi connectivity index (χ4v) is 5.30. The first-order valence-electron chi connectivity index (χ1n) is 11.1. The Labute approximate surface area is 184 Å². The van der Waals surface area contributed by atoms with Crippen LogP contribution in [-0.2, 0) is 12.8 Å². The fraction of sp³-hybridized carbons (Fsp3) is 0.370. The molecule has 1 amide bonds. The number of aliphatic hydroxyl groups excluding tert-OH is 2. The molecular weight excluding hydrogens is 386 g/mol. The number of aliphatic hydroxyl groups is 2. The van der Waals surface area contributed by atoms with E-state index in [0.717, 1.165) is 24.0 Å². The second-order valence-corrected chi connectivity index (χ2v) is 9.08. The van der Waals surface area contributed by atoms with Gasteiger partial charge in [0, 0.05) is 17.9 Å². The standard InChI is InChI=1S/C27H31NO3/c1-17-5-4-6-18(11-17)14-22(29)9-10-24-25-15-19(13-21(25)16-26(24)30)12-20-7-2-3-8-23(20)27(28)31/h2-11,13,21-22,24-26,29-30H,12,14-16H2,1H3,(H2,28,31)/t21-,22-,24+,25-,26+/m0/s1. The molecule has 0 heterocycles. The van der Waals surface area contributed by atoms with Gasteiger partial charge in [-0.3, -0.25) is 4.79 Å². The number of amides is 1. The van der Waals surface area contributed by atoms with Crippen molar-refractivity contribution >= 4 is 5.91 Å². The summed E-state index contributed by atoms with van der Waals surface area (Å²) in [5.41, 5.74) is 10.7. The van der Waals surface area contributed by atoms with Gasteiger partial charge in [0.15, 0.2) is 0 Å². The Hall–Kier alpha value is -2.69. The number of primary amides is 1. The van der Waals surface area contributed by atoms with Crippen LogP contribution in [-0.4, -0.2) is 28.3 Å². The van der Waals surface area contributed by atoms with Crippen LogP contribution in [0.1, 0.15) is 39.9 Å². The highest BCUT2D eigenvalue weighted by atomic mass is 16.3. The third kappa shape index (κ3) is 4.97.